The molecule has 2 saturated heterocycles. The molecule has 1 spiro atoms. The van der Waals surface area contributed by atoms with Crippen LogP contribution in [-0.2, 0) is 0 Å². The molecule has 28 valence electrons. The van der Waals surface area contributed by atoms with E-state index in [1.807, 2.05) is 43.2 Å². The molecule has 0 aromatic heterocycles. The molecule has 0 atom stereocenters. The summed E-state index contributed by atoms with van der Waals surface area (Å²) in [5.74, 6) is 0. The highest BCUT2D eigenvalue weighted by atomic mass is 33.3. The van der Waals surface area contributed by atoms with Gasteiger partial charge in [-0.15, -0.1) is 0 Å². The fourth-order valence-corrected chi connectivity index (χ4v) is 6.34. The van der Waals surface area contributed by atoms with Crippen molar-refractivity contribution in [3.05, 3.63) is 0 Å². The molecule has 0 unspecified atom stereocenters. The molecule has 2 aliphatic rings. The van der Waals surface area contributed by atoms with Gasteiger partial charge in [-0.1, -0.05) is 0 Å². The highest BCUT2D eigenvalue weighted by Crippen LogP contribution is 2.93. The smallest absolute Gasteiger partial charge is 0.0481 e. The van der Waals surface area contributed by atoms with Crippen molar-refractivity contribution in [2.24, 2.45) is 0 Å². The van der Waals surface area contributed by atoms with Crippen molar-refractivity contribution in [3.8, 4) is 0 Å². The van der Waals surface area contributed by atoms with E-state index in [-0.39, 0.29) is 0 Å². The first-order valence-corrected chi connectivity index (χ1v) is 5.45. The van der Waals surface area contributed by atoms with Crippen LogP contribution in [-0.4, -0.2) is 2.74 Å². The third kappa shape index (κ3) is 0.480. The minimum Gasteiger partial charge on any atom is -0.0481 e. The van der Waals surface area contributed by atoms with E-state index in [4.69, 9.17) is 0 Å². The Morgan fingerprint density at radius 2 is 1.20 bits per heavy atom. The minimum atomic E-state index is 0.667. The van der Waals surface area contributed by atoms with Crippen molar-refractivity contribution in [3.63, 3.8) is 0 Å². The molecule has 0 bridgehead atoms. The molecular formula is CS4. The van der Waals surface area contributed by atoms with Gasteiger partial charge in [0.25, 0.3) is 0 Å². The summed E-state index contributed by atoms with van der Waals surface area (Å²) in [7, 11) is 7.92. The van der Waals surface area contributed by atoms with Gasteiger partial charge < -0.3 is 0 Å². The third-order valence-corrected chi connectivity index (χ3v) is 8.85. The first-order chi connectivity index (χ1) is 2.41. The minimum absolute atomic E-state index is 0.667. The summed E-state index contributed by atoms with van der Waals surface area (Å²) in [4.78, 5) is 0. The Kier molecular flexibility index (Phi) is 0.548. The summed E-state index contributed by atoms with van der Waals surface area (Å²) in [5, 5.41) is 0. The fourth-order valence-electron chi connectivity index (χ4n) is 0.124. The maximum Gasteiger partial charge on any atom is 0.192 e. The van der Waals surface area contributed by atoms with Crippen molar-refractivity contribution < 1.29 is 0 Å². The van der Waals surface area contributed by atoms with Gasteiger partial charge in [0.05, 0.1) is 0 Å². The Balaban J connectivity index is 2.30. The summed E-state index contributed by atoms with van der Waals surface area (Å²) < 4.78 is 0.667. The summed E-state index contributed by atoms with van der Waals surface area (Å²) in [6.07, 6.45) is 0. The Labute approximate surface area is 46.0 Å². The van der Waals surface area contributed by atoms with E-state index in [0.29, 0.717) is 2.74 Å². The molecule has 0 aromatic carbocycles. The summed E-state index contributed by atoms with van der Waals surface area (Å²) in [6.45, 7) is 0. The standard InChI is InChI=1S/CS4/c2-1(3-2)4-5-1. The summed E-state index contributed by atoms with van der Waals surface area (Å²) in [6, 6.07) is 0. The van der Waals surface area contributed by atoms with Crippen molar-refractivity contribution in [1.29, 1.82) is 0 Å². The van der Waals surface area contributed by atoms with Gasteiger partial charge in [0.1, 0.15) is 0 Å². The Bertz CT molecular complexity index is 46.5. The number of hydrogen-bond donors (Lipinski definition) is 0. The zero-order valence-electron chi connectivity index (χ0n) is 2.13. The predicted molar refractivity (Wildman–Crippen MR) is 33.1 cm³/mol. The van der Waals surface area contributed by atoms with Crippen LogP contribution in [0.25, 0.3) is 0 Å². The second kappa shape index (κ2) is 0.804. The normalized spacial score (nSPS) is 38.4. The summed E-state index contributed by atoms with van der Waals surface area (Å²) in [5.41, 5.74) is 0. The molecule has 0 nitrogen and oxygen atoms in total. The molecule has 0 N–H and O–H groups in total. The van der Waals surface area contributed by atoms with Crippen molar-refractivity contribution in [2.75, 3.05) is 0 Å². The molecule has 0 radical (unpaired) electrons. The molecule has 4 heteroatoms. The first-order valence-electron chi connectivity index (χ1n) is 1.15. The van der Waals surface area contributed by atoms with Crippen LogP contribution in [0.15, 0.2) is 0 Å². The number of hydrogen-bond acceptors (Lipinski definition) is 4. The highest BCUT2D eigenvalue weighted by molar-refractivity contribution is 9.21. The van der Waals surface area contributed by atoms with E-state index in [2.05, 4.69) is 0 Å². The van der Waals surface area contributed by atoms with Gasteiger partial charge in [-0.05, 0) is 43.2 Å². The Morgan fingerprint density at radius 3 is 1.20 bits per heavy atom. The molecule has 5 heavy (non-hydrogen) atoms. The van der Waals surface area contributed by atoms with Crippen molar-refractivity contribution >= 4 is 43.2 Å². The van der Waals surface area contributed by atoms with Crippen LogP contribution in [0.3, 0.4) is 0 Å². The van der Waals surface area contributed by atoms with E-state index in [1.54, 1.807) is 0 Å². The number of rotatable bonds is 0. The Hall–Kier alpha value is 1.40. The van der Waals surface area contributed by atoms with Crippen LogP contribution in [0.1, 0.15) is 0 Å². The van der Waals surface area contributed by atoms with E-state index < -0.39 is 0 Å². The van der Waals surface area contributed by atoms with Gasteiger partial charge in [-0.25, -0.2) is 0 Å². The zero-order chi connectivity index (χ0) is 3.33. The lowest BCUT2D eigenvalue weighted by Crippen LogP contribution is -1.48. The van der Waals surface area contributed by atoms with E-state index in [1.165, 1.54) is 0 Å². The molecule has 2 aliphatic heterocycles. The van der Waals surface area contributed by atoms with E-state index in [9.17, 15) is 0 Å². The molecule has 0 saturated carbocycles. The second-order valence-corrected chi connectivity index (χ2v) is 7.50. The van der Waals surface area contributed by atoms with Crippen molar-refractivity contribution in [2.45, 2.75) is 2.74 Å². The topological polar surface area (TPSA) is 0 Å². The van der Waals surface area contributed by atoms with Crippen LogP contribution in [0.5, 0.6) is 0 Å². The lowest BCUT2D eigenvalue weighted by Gasteiger charge is -1.46. The second-order valence-electron chi connectivity index (χ2n) is 0.833. The lowest BCUT2D eigenvalue weighted by atomic mass is 11.8. The van der Waals surface area contributed by atoms with Gasteiger partial charge in [-0.2, -0.15) is 0 Å². The van der Waals surface area contributed by atoms with Gasteiger partial charge >= 0.3 is 0 Å². The van der Waals surface area contributed by atoms with Gasteiger partial charge in [0.2, 0.25) is 0 Å². The molecular weight excluding hydrogens is 140 g/mol. The average molecular weight is 140 g/mol. The van der Waals surface area contributed by atoms with E-state index >= 15 is 0 Å². The largest absolute Gasteiger partial charge is 0.192 e. The molecule has 2 fully saturated rings. The van der Waals surface area contributed by atoms with Crippen LogP contribution in [0.4, 0.5) is 0 Å². The zero-order valence-corrected chi connectivity index (χ0v) is 5.40. The van der Waals surface area contributed by atoms with Crippen LogP contribution >= 0.6 is 43.2 Å². The van der Waals surface area contributed by atoms with Gasteiger partial charge in [-0.3, -0.25) is 0 Å². The molecule has 0 aliphatic carbocycles. The predicted octanol–water partition coefficient (Wildman–Crippen LogP) is 2.39. The quantitative estimate of drug-likeness (QED) is 0.374. The third-order valence-electron chi connectivity index (χ3n) is 0.439. The van der Waals surface area contributed by atoms with Crippen LogP contribution in [0.2, 0.25) is 0 Å². The average Bonchev–Trinajstić information content (AvgIpc) is 2.17. The maximum atomic E-state index is 1.98. The first kappa shape index (κ1) is 3.41. The SMILES string of the molecule is S1SC12SS2. The fraction of sp³-hybridized carbons (Fsp3) is 1.00. The monoisotopic (exact) mass is 140 g/mol. The van der Waals surface area contributed by atoms with Gasteiger partial charge in [0.15, 0.2) is 2.74 Å². The molecule has 2 rings (SSSR count). The molecule has 0 amide bonds. The van der Waals surface area contributed by atoms with Crippen molar-refractivity contribution in [1.82, 2.24) is 0 Å². The van der Waals surface area contributed by atoms with Gasteiger partial charge in [0, 0.05) is 0 Å². The maximum absolute atomic E-state index is 1.98. The molecule has 0 aromatic rings. The highest BCUT2D eigenvalue weighted by Gasteiger charge is 2.61. The molecule has 2 heterocycles. The van der Waals surface area contributed by atoms with Crippen LogP contribution < -0.4 is 0 Å². The summed E-state index contributed by atoms with van der Waals surface area (Å²) >= 11 is 0. The van der Waals surface area contributed by atoms with E-state index in [0.717, 1.165) is 0 Å². The Morgan fingerprint density at radius 1 is 0.800 bits per heavy atom. The lowest BCUT2D eigenvalue weighted by molar-refractivity contribution is 2.11. The van der Waals surface area contributed by atoms with Crippen LogP contribution in [0, 0.1) is 0 Å².